The number of aromatic nitrogens is 1. The summed E-state index contributed by atoms with van der Waals surface area (Å²) in [5.41, 5.74) is 3.12. The fraction of sp³-hybridized carbons (Fsp3) is 0.480. The van der Waals surface area contributed by atoms with Gasteiger partial charge in [0.05, 0.1) is 6.10 Å². The third-order valence-corrected chi connectivity index (χ3v) is 6.35. The molecule has 0 saturated carbocycles. The number of β-amino-alcohol motifs (C(OH)–C–C–N with tert-alkyl or cyclic N) is 1. The van der Waals surface area contributed by atoms with Crippen LogP contribution in [0.2, 0.25) is 0 Å². The first-order valence-corrected chi connectivity index (χ1v) is 11.6. The molecule has 3 heterocycles. The molecule has 2 amide bonds. The Labute approximate surface area is 194 Å². The molecule has 2 aromatic rings. The first-order chi connectivity index (χ1) is 16.0. The molecule has 2 aliphatic rings. The third kappa shape index (κ3) is 6.30. The number of nitrogens with zero attached hydrogens (tertiary/aromatic N) is 3. The van der Waals surface area contributed by atoms with Crippen LogP contribution in [0.5, 0.6) is 5.88 Å². The van der Waals surface area contributed by atoms with Gasteiger partial charge < -0.3 is 20.1 Å². The van der Waals surface area contributed by atoms with Crippen LogP contribution in [0.4, 0.5) is 0 Å². The summed E-state index contributed by atoms with van der Waals surface area (Å²) in [5.74, 6) is 0.214. The summed E-state index contributed by atoms with van der Waals surface area (Å²) in [6, 6.07) is 11.7. The summed E-state index contributed by atoms with van der Waals surface area (Å²) in [5, 5.41) is 13.3. The van der Waals surface area contributed by atoms with Crippen LogP contribution in [0.15, 0.2) is 42.6 Å². The van der Waals surface area contributed by atoms with Gasteiger partial charge in [-0.1, -0.05) is 24.3 Å². The number of piperidine rings is 1. The molecule has 0 aliphatic carbocycles. The number of pyridine rings is 1. The van der Waals surface area contributed by atoms with Crippen molar-refractivity contribution in [3.05, 3.63) is 59.3 Å². The lowest BCUT2D eigenvalue weighted by molar-refractivity contribution is -0.130. The standard InChI is InChI=1S/C25H32N4O4/c1-18(30)29-12-8-23(9-13-29)33-24-14-20(6-10-26-24)25(32)27-15-22(31)17-28-11-7-19-4-2-3-5-21(19)16-28/h2-6,10,14,22-23,31H,7-9,11-13,15-17H2,1H3,(H,27,32). The van der Waals surface area contributed by atoms with Gasteiger partial charge in [0, 0.05) is 76.9 Å². The van der Waals surface area contributed by atoms with Gasteiger partial charge in [-0.25, -0.2) is 4.98 Å². The number of nitrogens with one attached hydrogen (secondary N) is 1. The van der Waals surface area contributed by atoms with E-state index in [0.717, 1.165) is 32.4 Å². The van der Waals surface area contributed by atoms with Gasteiger partial charge in [-0.15, -0.1) is 0 Å². The van der Waals surface area contributed by atoms with Crippen molar-refractivity contribution < 1.29 is 19.4 Å². The van der Waals surface area contributed by atoms with Crippen LogP contribution in [-0.4, -0.2) is 76.6 Å². The Morgan fingerprint density at radius 1 is 1.18 bits per heavy atom. The molecule has 8 heteroatoms. The van der Waals surface area contributed by atoms with Crippen LogP contribution < -0.4 is 10.1 Å². The topological polar surface area (TPSA) is 95.0 Å². The number of carbonyl (C=O) groups excluding carboxylic acids is 2. The Bertz CT molecular complexity index is 974. The van der Waals surface area contributed by atoms with Gasteiger partial charge in [0.15, 0.2) is 0 Å². The molecule has 1 saturated heterocycles. The fourth-order valence-corrected chi connectivity index (χ4v) is 4.46. The van der Waals surface area contributed by atoms with Gasteiger partial charge in [0.2, 0.25) is 11.8 Å². The number of aliphatic hydroxyl groups is 1. The van der Waals surface area contributed by atoms with Crippen molar-refractivity contribution in [3.8, 4) is 5.88 Å². The van der Waals surface area contributed by atoms with E-state index >= 15 is 0 Å². The lowest BCUT2D eigenvalue weighted by atomic mass is 10.00. The van der Waals surface area contributed by atoms with Crippen LogP contribution >= 0.6 is 0 Å². The maximum absolute atomic E-state index is 12.6. The molecular formula is C25H32N4O4. The quantitative estimate of drug-likeness (QED) is 0.663. The Hall–Kier alpha value is -2.97. The number of rotatable bonds is 7. The number of hydrogen-bond acceptors (Lipinski definition) is 6. The van der Waals surface area contributed by atoms with Crippen LogP contribution in [0, 0.1) is 0 Å². The van der Waals surface area contributed by atoms with Crippen LogP contribution in [0.3, 0.4) is 0 Å². The molecule has 1 unspecified atom stereocenters. The van der Waals surface area contributed by atoms with Crippen LogP contribution in [-0.2, 0) is 17.8 Å². The van der Waals surface area contributed by atoms with Gasteiger partial charge >= 0.3 is 0 Å². The van der Waals surface area contributed by atoms with Crippen LogP contribution in [0.1, 0.15) is 41.3 Å². The number of fused-ring (bicyclic) bond motifs is 1. The predicted molar refractivity (Wildman–Crippen MR) is 124 cm³/mol. The zero-order valence-electron chi connectivity index (χ0n) is 19.1. The minimum Gasteiger partial charge on any atom is -0.474 e. The normalized spacial score (nSPS) is 17.8. The number of carbonyl (C=O) groups is 2. The number of ether oxygens (including phenoxy) is 1. The summed E-state index contributed by atoms with van der Waals surface area (Å²) in [6.07, 6.45) is 3.33. The molecule has 0 bridgehead atoms. The molecule has 2 N–H and O–H groups in total. The largest absolute Gasteiger partial charge is 0.474 e. The molecule has 0 radical (unpaired) electrons. The molecule has 33 heavy (non-hydrogen) atoms. The Balaban J connectivity index is 1.23. The summed E-state index contributed by atoms with van der Waals surface area (Å²) >= 11 is 0. The molecule has 176 valence electrons. The SMILES string of the molecule is CC(=O)N1CCC(Oc2cc(C(=O)NCC(O)CN3CCc4ccccc4C3)ccn2)CC1. The summed E-state index contributed by atoms with van der Waals surface area (Å²) < 4.78 is 5.94. The highest BCUT2D eigenvalue weighted by molar-refractivity contribution is 5.94. The van der Waals surface area contributed by atoms with Crippen molar-refractivity contribution in [1.82, 2.24) is 20.1 Å². The van der Waals surface area contributed by atoms with Crippen molar-refractivity contribution in [2.45, 2.75) is 44.9 Å². The molecule has 1 atom stereocenters. The first kappa shape index (κ1) is 23.2. The Kier molecular flexibility index (Phi) is 7.57. The molecule has 2 aliphatic heterocycles. The second-order valence-corrected chi connectivity index (χ2v) is 8.82. The number of hydrogen-bond donors (Lipinski definition) is 2. The predicted octanol–water partition coefficient (Wildman–Crippen LogP) is 1.62. The molecule has 4 rings (SSSR count). The van der Waals surface area contributed by atoms with Gasteiger partial charge in [0.25, 0.3) is 5.91 Å². The van der Waals surface area contributed by atoms with E-state index in [2.05, 4.69) is 33.4 Å². The molecular weight excluding hydrogens is 420 g/mol. The second-order valence-electron chi connectivity index (χ2n) is 8.82. The molecule has 1 fully saturated rings. The van der Waals surface area contributed by atoms with E-state index in [1.54, 1.807) is 25.3 Å². The second kappa shape index (κ2) is 10.8. The van der Waals surface area contributed by atoms with Gasteiger partial charge in [0.1, 0.15) is 6.10 Å². The first-order valence-electron chi connectivity index (χ1n) is 11.6. The lowest BCUT2D eigenvalue weighted by Crippen LogP contribution is -2.42. The highest BCUT2D eigenvalue weighted by atomic mass is 16.5. The van der Waals surface area contributed by atoms with Crippen molar-refractivity contribution >= 4 is 11.8 Å². The average Bonchev–Trinajstić information content (AvgIpc) is 2.83. The number of aliphatic hydroxyl groups excluding tert-OH is 1. The Morgan fingerprint density at radius 2 is 1.94 bits per heavy atom. The van der Waals surface area contributed by atoms with Crippen molar-refractivity contribution in [2.24, 2.45) is 0 Å². The third-order valence-electron chi connectivity index (χ3n) is 6.35. The number of likely N-dealkylation sites (tertiary alicyclic amines) is 1. The number of benzene rings is 1. The average molecular weight is 453 g/mol. The number of amides is 2. The zero-order chi connectivity index (χ0) is 23.2. The lowest BCUT2D eigenvalue weighted by Gasteiger charge is -2.31. The highest BCUT2D eigenvalue weighted by Gasteiger charge is 2.23. The van der Waals surface area contributed by atoms with Gasteiger partial charge in [-0.2, -0.15) is 0 Å². The van der Waals surface area contributed by atoms with Gasteiger partial charge in [-0.3, -0.25) is 14.5 Å². The van der Waals surface area contributed by atoms with E-state index in [0.29, 0.717) is 31.1 Å². The van der Waals surface area contributed by atoms with Crippen molar-refractivity contribution in [2.75, 3.05) is 32.7 Å². The van der Waals surface area contributed by atoms with E-state index in [9.17, 15) is 14.7 Å². The van der Waals surface area contributed by atoms with E-state index in [1.807, 2.05) is 11.0 Å². The Morgan fingerprint density at radius 3 is 2.70 bits per heavy atom. The maximum Gasteiger partial charge on any atom is 0.251 e. The van der Waals surface area contributed by atoms with Crippen LogP contribution in [0.25, 0.3) is 0 Å². The van der Waals surface area contributed by atoms with E-state index in [1.165, 1.54) is 11.1 Å². The van der Waals surface area contributed by atoms with Gasteiger partial charge in [-0.05, 0) is 23.6 Å². The van der Waals surface area contributed by atoms with E-state index in [4.69, 9.17) is 4.74 Å². The highest BCUT2D eigenvalue weighted by Crippen LogP contribution is 2.19. The molecule has 8 nitrogen and oxygen atoms in total. The summed E-state index contributed by atoms with van der Waals surface area (Å²) in [7, 11) is 0. The molecule has 1 aromatic heterocycles. The zero-order valence-corrected chi connectivity index (χ0v) is 19.1. The molecule has 0 spiro atoms. The van der Waals surface area contributed by atoms with E-state index < -0.39 is 6.10 Å². The molecule has 1 aromatic carbocycles. The minimum atomic E-state index is -0.650. The monoisotopic (exact) mass is 452 g/mol. The minimum absolute atomic E-state index is 0.0251. The maximum atomic E-state index is 12.6. The fourth-order valence-electron chi connectivity index (χ4n) is 4.46. The summed E-state index contributed by atoms with van der Waals surface area (Å²) in [6.45, 7) is 5.32. The van der Waals surface area contributed by atoms with E-state index in [-0.39, 0.29) is 24.5 Å². The smallest absolute Gasteiger partial charge is 0.251 e. The van der Waals surface area contributed by atoms with Crippen molar-refractivity contribution in [3.63, 3.8) is 0 Å². The summed E-state index contributed by atoms with van der Waals surface area (Å²) in [4.78, 5) is 32.3. The van der Waals surface area contributed by atoms with Crippen molar-refractivity contribution in [1.29, 1.82) is 0 Å².